The van der Waals surface area contributed by atoms with E-state index in [4.69, 9.17) is 5.11 Å². The minimum atomic E-state index is -1.36. The highest BCUT2D eigenvalue weighted by Crippen LogP contribution is 2.46. The summed E-state index contributed by atoms with van der Waals surface area (Å²) in [6.07, 6.45) is 4.81. The van der Waals surface area contributed by atoms with Crippen LogP contribution in [0.3, 0.4) is 0 Å². The molecule has 0 aromatic heterocycles. The second-order valence-electron chi connectivity index (χ2n) is 39.0. The first kappa shape index (κ1) is 111. The molecule has 18 rings (SSSR count). The van der Waals surface area contributed by atoms with Gasteiger partial charge in [-0.05, 0) is 315 Å². The van der Waals surface area contributed by atoms with Crippen LogP contribution < -0.4 is 0 Å². The van der Waals surface area contributed by atoms with Crippen LogP contribution in [0, 0.1) is 5.92 Å². The van der Waals surface area contributed by atoms with E-state index >= 15 is 0 Å². The Labute approximate surface area is 871 Å². The molecule has 18 aromatic carbocycles. The van der Waals surface area contributed by atoms with Gasteiger partial charge in [-0.15, -0.1) is 0 Å². The third-order valence-corrected chi connectivity index (χ3v) is 28.0. The zero-order valence-electron chi connectivity index (χ0n) is 86.2. The molecule has 15 heteroatoms. The van der Waals surface area contributed by atoms with Crippen molar-refractivity contribution in [1.82, 2.24) is 0 Å². The van der Waals surface area contributed by atoms with Crippen molar-refractivity contribution in [2.24, 2.45) is 5.92 Å². The van der Waals surface area contributed by atoms with Gasteiger partial charge in [0.05, 0.1) is 0 Å². The van der Waals surface area contributed by atoms with Gasteiger partial charge < -0.3 is 76.6 Å². The topological polar surface area (TPSA) is 303 Å². The minimum Gasteiger partial charge on any atom is -0.508 e. The molecule has 0 aliphatic carbocycles. The molecule has 0 bridgehead atoms. The fourth-order valence-electron chi connectivity index (χ4n) is 18.6. The van der Waals surface area contributed by atoms with Gasteiger partial charge in [0.1, 0.15) is 86.1 Å². The molecule has 0 saturated heterocycles. The van der Waals surface area contributed by atoms with Crippen LogP contribution in [0.1, 0.15) is 209 Å². The van der Waals surface area contributed by atoms with E-state index < -0.39 is 5.60 Å². The van der Waals surface area contributed by atoms with E-state index in [0.29, 0.717) is 34.1 Å². The number of benzene rings is 18. The fraction of sp³-hybridized carbons (Fsp3) is 0.188. The third-order valence-electron chi connectivity index (χ3n) is 28.0. The van der Waals surface area contributed by atoms with Crippen molar-refractivity contribution in [2.75, 3.05) is 0 Å². The summed E-state index contributed by atoms with van der Waals surface area (Å²) >= 11 is 0. The fourth-order valence-corrected chi connectivity index (χ4v) is 18.6. The van der Waals surface area contributed by atoms with E-state index in [0.717, 1.165) is 71.0 Å². The Balaban J connectivity index is 0.000000161. The third kappa shape index (κ3) is 29.3. The number of aromatic hydroxyl groups is 14. The van der Waals surface area contributed by atoms with Gasteiger partial charge in [0, 0.05) is 32.5 Å². The molecular formula is C133H138O15. The number of hydrogen-bond acceptors (Lipinski definition) is 15. The van der Waals surface area contributed by atoms with Crippen LogP contribution in [0.5, 0.6) is 80.5 Å². The summed E-state index contributed by atoms with van der Waals surface area (Å²) in [5, 5.41) is 143. The molecule has 0 saturated carbocycles. The average Bonchev–Trinajstić information content (AvgIpc) is 0.750. The Hall–Kier alpha value is -16.9. The van der Waals surface area contributed by atoms with Gasteiger partial charge in [-0.25, -0.2) is 0 Å². The van der Waals surface area contributed by atoms with Crippen LogP contribution in [0.15, 0.2) is 461 Å². The van der Waals surface area contributed by atoms with Crippen molar-refractivity contribution < 1.29 is 76.6 Å². The standard InChI is InChI=1S/C20H18O2.C19H16O3.C18H22O2.C17H20O2.C16H18O2.C15H16O2.C15H16O.C13H12O/c1-20(15-5-3-2-4-6-15,16-7-11-18(21)12-8-16)17-9-13-19(22)14-10-17;20-17-10-6-15(7-11-17)19(22,14-4-2-1-3-5-14)16-8-12-18(21)13-9-16;1-13(2)12-18(3,14-4-8-16(19)9-5-14)15-6-10-17(20)11-7-15;1-3-17(4-2,13-5-9-15(18)10-6-13)14-7-11-16(19)12-8-14;1-3-16(2,12-4-8-14(17)9-5-12)13-6-10-15(18)11-7-13;1-15(2,11-3-7-13(16)8-4-11)12-5-9-14(17)10-6-12;1-15(2,12-6-4-3-5-7-12)13-8-10-14(16)11-9-13;14-13-8-6-12(7-9-13)10-11-4-2-1-3-5-11/h2-14,21-22H,1H3;1-13,20-22H;4-11,13,19-20H,12H2,1-3H3;5-12,18-19H,3-4H2,1-2H3;4-11,17-18H,3H2,1-2H3;3-10,16-17H,1-2H3;3-11,16H,1-2H3;1-9,14H,10H2. The van der Waals surface area contributed by atoms with E-state index in [1.54, 1.807) is 194 Å². The predicted octanol–water partition coefficient (Wildman–Crippen LogP) is 30.4. The lowest BCUT2D eigenvalue weighted by atomic mass is 9.70. The lowest BCUT2D eigenvalue weighted by Gasteiger charge is -2.33. The van der Waals surface area contributed by atoms with Gasteiger partial charge in [0.2, 0.25) is 0 Å². The van der Waals surface area contributed by atoms with Crippen LogP contribution >= 0.6 is 0 Å². The maximum atomic E-state index is 11.4. The molecule has 148 heavy (non-hydrogen) atoms. The quantitative estimate of drug-likeness (QED) is 0.0265. The van der Waals surface area contributed by atoms with Crippen molar-refractivity contribution in [2.45, 2.75) is 153 Å². The Kier molecular flexibility index (Phi) is 38.8. The largest absolute Gasteiger partial charge is 0.508 e. The Morgan fingerprint density at radius 1 is 0.176 bits per heavy atom. The van der Waals surface area contributed by atoms with Crippen LogP contribution in [-0.2, 0) is 44.5 Å². The molecule has 0 unspecified atom stereocenters. The first-order chi connectivity index (χ1) is 70.7. The molecule has 0 spiro atoms. The lowest BCUT2D eigenvalue weighted by Crippen LogP contribution is -2.28. The van der Waals surface area contributed by atoms with Crippen LogP contribution in [0.4, 0.5) is 0 Å². The van der Waals surface area contributed by atoms with Crippen molar-refractivity contribution in [3.05, 3.63) is 561 Å². The normalized spacial score (nSPS) is 11.3. The SMILES string of the molecule is CC(C)(c1ccc(O)cc1)c1ccc(O)cc1.CC(C)(c1ccccc1)c1ccc(O)cc1.CC(C)CC(C)(c1ccc(O)cc1)c1ccc(O)cc1.CC(c1ccccc1)(c1ccc(O)cc1)c1ccc(O)cc1.CCC(C)(c1ccc(O)cc1)c1ccc(O)cc1.CCC(CC)(c1ccc(O)cc1)c1ccc(O)cc1.Oc1ccc(C(O)(c2ccccc2)c2ccc(O)cc2)cc1.Oc1ccc(Cc2ccccc2)cc1. The molecule has 760 valence electrons. The molecule has 15 nitrogen and oxygen atoms in total. The van der Waals surface area contributed by atoms with Crippen molar-refractivity contribution in [3.63, 3.8) is 0 Å². The Bertz CT molecular complexity index is 6560. The molecule has 0 aliphatic heterocycles. The molecule has 15 N–H and O–H groups in total. The summed E-state index contributed by atoms with van der Waals surface area (Å²) in [4.78, 5) is 0. The van der Waals surface area contributed by atoms with Gasteiger partial charge in [-0.2, -0.15) is 0 Å². The van der Waals surface area contributed by atoms with Crippen molar-refractivity contribution >= 4 is 0 Å². The van der Waals surface area contributed by atoms with Gasteiger partial charge >= 0.3 is 0 Å². The molecule has 0 aliphatic rings. The molecule has 0 amide bonds. The van der Waals surface area contributed by atoms with E-state index in [-0.39, 0.29) is 101 Å². The summed E-state index contributed by atoms with van der Waals surface area (Å²) in [6.45, 7) is 26.0. The Morgan fingerprint density at radius 2 is 0.345 bits per heavy atom. The Morgan fingerprint density at radius 3 is 0.581 bits per heavy atom. The van der Waals surface area contributed by atoms with Crippen LogP contribution in [-0.4, -0.2) is 76.6 Å². The lowest BCUT2D eigenvalue weighted by molar-refractivity contribution is 0.125. The van der Waals surface area contributed by atoms with Crippen molar-refractivity contribution in [1.29, 1.82) is 0 Å². The van der Waals surface area contributed by atoms with Gasteiger partial charge in [-0.3, -0.25) is 0 Å². The van der Waals surface area contributed by atoms with Gasteiger partial charge in [-0.1, -0.05) is 367 Å². The number of hydrogen-bond donors (Lipinski definition) is 15. The first-order valence-corrected chi connectivity index (χ1v) is 49.8. The van der Waals surface area contributed by atoms with E-state index in [9.17, 15) is 71.5 Å². The summed E-state index contributed by atoms with van der Waals surface area (Å²) < 4.78 is 0. The zero-order chi connectivity index (χ0) is 107. The maximum absolute atomic E-state index is 11.4. The van der Waals surface area contributed by atoms with Crippen LogP contribution in [0.25, 0.3) is 0 Å². The number of rotatable bonds is 23. The molecule has 0 radical (unpaired) electrons. The minimum absolute atomic E-state index is 0.0328. The zero-order valence-corrected chi connectivity index (χ0v) is 86.2. The highest BCUT2D eigenvalue weighted by Gasteiger charge is 2.37. The van der Waals surface area contributed by atoms with E-state index in [2.05, 4.69) is 132 Å². The average molecular weight is 1980 g/mol. The number of phenolic OH excluding ortho intramolecular Hbond substituents is 14. The number of phenols is 14. The summed E-state index contributed by atoms with van der Waals surface area (Å²) in [6, 6.07) is 141. The number of aliphatic hydroxyl groups is 1. The highest BCUT2D eigenvalue weighted by atomic mass is 16.3. The van der Waals surface area contributed by atoms with Crippen molar-refractivity contribution in [3.8, 4) is 80.5 Å². The summed E-state index contributed by atoms with van der Waals surface area (Å²) in [5.41, 5.74) is 17.4. The van der Waals surface area contributed by atoms with Gasteiger partial charge in [0.25, 0.3) is 0 Å². The van der Waals surface area contributed by atoms with Gasteiger partial charge in [0.15, 0.2) is 0 Å². The molecule has 0 fully saturated rings. The second-order valence-corrected chi connectivity index (χ2v) is 39.0. The molecule has 0 heterocycles. The molecule has 18 aromatic rings. The smallest absolute Gasteiger partial charge is 0.140 e. The first-order valence-electron chi connectivity index (χ1n) is 49.8. The second kappa shape index (κ2) is 51.6. The van der Waals surface area contributed by atoms with Crippen LogP contribution in [0.2, 0.25) is 0 Å². The maximum Gasteiger partial charge on any atom is 0.140 e. The van der Waals surface area contributed by atoms with E-state index in [1.807, 2.05) is 218 Å². The predicted molar refractivity (Wildman–Crippen MR) is 598 cm³/mol. The molecule has 0 atom stereocenters. The summed E-state index contributed by atoms with van der Waals surface area (Å²) in [7, 11) is 0. The highest BCUT2D eigenvalue weighted by molar-refractivity contribution is 5.55. The molecular weight excluding hydrogens is 1840 g/mol. The van der Waals surface area contributed by atoms with E-state index in [1.165, 1.54) is 44.5 Å². The monoisotopic (exact) mass is 1980 g/mol. The summed E-state index contributed by atoms with van der Waals surface area (Å²) in [5.74, 6) is 4.22.